The molecular formula is C26H28F3N9O3. The van der Waals surface area contributed by atoms with Crippen molar-refractivity contribution in [2.45, 2.75) is 70.3 Å². The van der Waals surface area contributed by atoms with E-state index in [4.69, 9.17) is 9.84 Å². The Kier molecular flexibility index (Phi) is 7.10. The number of H-pyrrole nitrogens is 1. The molecule has 4 aromatic rings. The smallest absolute Gasteiger partial charge is 0.436 e. The van der Waals surface area contributed by atoms with Gasteiger partial charge in [-0.2, -0.15) is 33.7 Å². The lowest BCUT2D eigenvalue weighted by Gasteiger charge is -2.29. The first kappa shape index (κ1) is 27.9. The Morgan fingerprint density at radius 3 is 2.61 bits per heavy atom. The number of anilines is 1. The molecule has 1 aliphatic carbocycles. The van der Waals surface area contributed by atoms with Crippen LogP contribution in [0, 0.1) is 11.3 Å². The van der Waals surface area contributed by atoms with Crippen LogP contribution in [-0.2, 0) is 11.7 Å². The van der Waals surface area contributed by atoms with E-state index in [0.717, 1.165) is 11.1 Å². The van der Waals surface area contributed by atoms with Crippen LogP contribution in [0.5, 0.6) is 5.75 Å². The molecule has 4 heterocycles. The number of pyridine rings is 1. The van der Waals surface area contributed by atoms with Crippen LogP contribution in [0.2, 0.25) is 0 Å². The zero-order valence-corrected chi connectivity index (χ0v) is 22.6. The second-order valence-electron chi connectivity index (χ2n) is 10.4. The van der Waals surface area contributed by atoms with E-state index in [0.29, 0.717) is 47.8 Å². The van der Waals surface area contributed by atoms with Crippen LogP contribution in [0.25, 0.3) is 22.2 Å². The highest BCUT2D eigenvalue weighted by Crippen LogP contribution is 2.39. The quantitative estimate of drug-likeness (QED) is 0.301. The highest BCUT2D eigenvalue weighted by atomic mass is 19.4. The van der Waals surface area contributed by atoms with Gasteiger partial charge in [-0.15, -0.1) is 0 Å². The second-order valence-corrected chi connectivity index (χ2v) is 10.4. The van der Waals surface area contributed by atoms with Crippen molar-refractivity contribution >= 4 is 22.8 Å². The maximum absolute atomic E-state index is 13.2. The molecular weight excluding hydrogens is 543 g/mol. The van der Waals surface area contributed by atoms with Crippen LogP contribution in [-0.4, -0.2) is 58.6 Å². The van der Waals surface area contributed by atoms with E-state index in [-0.39, 0.29) is 24.2 Å². The zero-order chi connectivity index (χ0) is 29.5. The van der Waals surface area contributed by atoms with E-state index >= 15 is 0 Å². The molecule has 15 heteroatoms. The zero-order valence-electron chi connectivity index (χ0n) is 22.6. The molecule has 41 heavy (non-hydrogen) atoms. The van der Waals surface area contributed by atoms with Gasteiger partial charge in [-0.05, 0) is 46.5 Å². The summed E-state index contributed by atoms with van der Waals surface area (Å²) in [7, 11) is 0. The fraction of sp³-hybridized carbons (Fsp3) is 0.462. The van der Waals surface area contributed by atoms with E-state index in [2.05, 4.69) is 21.3 Å². The summed E-state index contributed by atoms with van der Waals surface area (Å²) in [5.41, 5.74) is -0.000332. The summed E-state index contributed by atoms with van der Waals surface area (Å²) in [5.74, 6) is -0.0766. The Labute approximate surface area is 232 Å². The predicted octanol–water partition coefficient (Wildman–Crippen LogP) is 5.36. The van der Waals surface area contributed by atoms with Crippen LogP contribution in [0.1, 0.15) is 58.2 Å². The molecule has 5 rings (SSSR count). The standard InChI is InChI=1S/C26H28F3N9O3/c1-4-36(24(39)40)21-9-19-18(11-31-21)22(15-10-33-37(13-15)25(2,3)14-30)35-38(19)16-5-7-17(8-6-16)41-20-12-32-34-23(20)26(27,28)29/h9-13,16-17H,4-8H2,1-3H3,(H,32,34)(H,39,40)/t16-,17+. The van der Waals surface area contributed by atoms with Crippen LogP contribution in [0.4, 0.5) is 23.8 Å². The molecule has 1 fully saturated rings. The van der Waals surface area contributed by atoms with Crippen LogP contribution < -0.4 is 9.64 Å². The Morgan fingerprint density at radius 1 is 1.24 bits per heavy atom. The number of nitrogens with zero attached hydrogens (tertiary/aromatic N) is 8. The average Bonchev–Trinajstić information content (AvgIpc) is 3.68. The van der Waals surface area contributed by atoms with Gasteiger partial charge in [0.1, 0.15) is 17.1 Å². The topological polar surface area (TPSA) is 151 Å². The van der Waals surface area contributed by atoms with Crippen molar-refractivity contribution in [1.29, 1.82) is 5.26 Å². The monoisotopic (exact) mass is 571 g/mol. The van der Waals surface area contributed by atoms with Crippen molar-refractivity contribution in [2.24, 2.45) is 0 Å². The van der Waals surface area contributed by atoms with Gasteiger partial charge in [0, 0.05) is 36.0 Å². The van der Waals surface area contributed by atoms with E-state index < -0.39 is 29.6 Å². The van der Waals surface area contributed by atoms with Gasteiger partial charge in [-0.1, -0.05) is 0 Å². The minimum atomic E-state index is -4.60. The number of aromatic amines is 1. The highest BCUT2D eigenvalue weighted by Gasteiger charge is 2.38. The minimum Gasteiger partial charge on any atom is -0.486 e. The second kappa shape index (κ2) is 10.4. The minimum absolute atomic E-state index is 0.127. The third-order valence-electron chi connectivity index (χ3n) is 7.27. The normalized spacial score (nSPS) is 17.9. The van der Waals surface area contributed by atoms with Gasteiger partial charge >= 0.3 is 12.3 Å². The first-order valence-electron chi connectivity index (χ1n) is 13.1. The van der Waals surface area contributed by atoms with Gasteiger partial charge in [-0.25, -0.2) is 9.78 Å². The number of carbonyl (C=O) groups is 1. The molecule has 2 N–H and O–H groups in total. The molecule has 0 bridgehead atoms. The van der Waals surface area contributed by atoms with Gasteiger partial charge in [0.2, 0.25) is 0 Å². The first-order chi connectivity index (χ1) is 19.4. The molecule has 1 amide bonds. The molecule has 4 aromatic heterocycles. The van der Waals surface area contributed by atoms with E-state index in [9.17, 15) is 28.3 Å². The summed E-state index contributed by atoms with van der Waals surface area (Å²) in [5, 5.41) is 34.5. The lowest BCUT2D eigenvalue weighted by atomic mass is 9.93. The maximum atomic E-state index is 13.2. The van der Waals surface area contributed by atoms with Crippen molar-refractivity contribution in [1.82, 2.24) is 34.7 Å². The van der Waals surface area contributed by atoms with Crippen molar-refractivity contribution in [2.75, 3.05) is 11.4 Å². The number of hydrogen-bond acceptors (Lipinski definition) is 7. The molecule has 1 saturated carbocycles. The van der Waals surface area contributed by atoms with Gasteiger partial charge < -0.3 is 9.84 Å². The number of rotatable bonds is 7. The summed E-state index contributed by atoms with van der Waals surface area (Å²) >= 11 is 0. The largest absolute Gasteiger partial charge is 0.486 e. The lowest BCUT2D eigenvalue weighted by Crippen LogP contribution is -2.29. The number of amides is 1. The number of ether oxygens (including phenoxy) is 1. The number of nitriles is 1. The van der Waals surface area contributed by atoms with Crippen LogP contribution in [0.3, 0.4) is 0 Å². The third-order valence-corrected chi connectivity index (χ3v) is 7.27. The summed E-state index contributed by atoms with van der Waals surface area (Å²) in [4.78, 5) is 17.3. The van der Waals surface area contributed by atoms with Gasteiger partial charge in [0.15, 0.2) is 11.4 Å². The Balaban J connectivity index is 1.47. The highest BCUT2D eigenvalue weighted by molar-refractivity contribution is 5.95. The molecule has 0 radical (unpaired) electrons. The van der Waals surface area contributed by atoms with Crippen LogP contribution in [0.15, 0.2) is 30.9 Å². The lowest BCUT2D eigenvalue weighted by molar-refractivity contribution is -0.143. The number of fused-ring (bicyclic) bond motifs is 1. The van der Waals surface area contributed by atoms with Crippen molar-refractivity contribution in [3.8, 4) is 23.1 Å². The van der Waals surface area contributed by atoms with E-state index in [1.165, 1.54) is 0 Å². The summed E-state index contributed by atoms with van der Waals surface area (Å²) in [6.07, 6.45) is 1.87. The Hall–Kier alpha value is -4.61. The summed E-state index contributed by atoms with van der Waals surface area (Å²) < 4.78 is 48.7. The molecule has 12 nitrogen and oxygen atoms in total. The molecule has 0 atom stereocenters. The van der Waals surface area contributed by atoms with Crippen LogP contribution >= 0.6 is 0 Å². The fourth-order valence-electron chi connectivity index (χ4n) is 5.01. The predicted molar refractivity (Wildman–Crippen MR) is 140 cm³/mol. The van der Waals surface area contributed by atoms with E-state index in [1.54, 1.807) is 50.1 Å². The Morgan fingerprint density at radius 2 is 1.98 bits per heavy atom. The van der Waals surface area contributed by atoms with Crippen molar-refractivity contribution in [3.05, 3.63) is 36.5 Å². The number of alkyl halides is 3. The average molecular weight is 572 g/mol. The van der Waals surface area contributed by atoms with Gasteiger partial charge in [0.25, 0.3) is 0 Å². The molecule has 0 aliphatic heterocycles. The van der Waals surface area contributed by atoms with E-state index in [1.807, 2.05) is 9.78 Å². The molecule has 0 unspecified atom stereocenters. The van der Waals surface area contributed by atoms with Gasteiger partial charge in [-0.3, -0.25) is 19.4 Å². The van der Waals surface area contributed by atoms with Crippen molar-refractivity contribution in [3.63, 3.8) is 0 Å². The maximum Gasteiger partial charge on any atom is 0.436 e. The van der Waals surface area contributed by atoms with Crippen molar-refractivity contribution < 1.29 is 27.8 Å². The summed E-state index contributed by atoms with van der Waals surface area (Å²) in [6.45, 7) is 5.38. The molecule has 0 aromatic carbocycles. The molecule has 1 aliphatic rings. The van der Waals surface area contributed by atoms with Gasteiger partial charge in [0.05, 0.1) is 36.1 Å². The third kappa shape index (κ3) is 5.29. The Bertz CT molecular complexity index is 1610. The number of halogens is 3. The first-order valence-corrected chi connectivity index (χ1v) is 13.1. The summed E-state index contributed by atoms with van der Waals surface area (Å²) in [6, 6.07) is 3.76. The number of hydrogen-bond donors (Lipinski definition) is 2. The molecule has 216 valence electrons. The fourth-order valence-corrected chi connectivity index (χ4v) is 5.01. The molecule has 0 saturated heterocycles. The number of carboxylic acid groups (broad SMARTS) is 1. The SMILES string of the molecule is CCN(C(=O)O)c1cc2c(cn1)c(-c1cnn(C(C)(C)C#N)c1)nn2[C@H]1CC[C@@H](Oc2cn[nH]c2C(F)(F)F)CC1. The molecule has 0 spiro atoms. The number of nitrogens with one attached hydrogen (secondary N) is 1. The number of aromatic nitrogens is 7.